The van der Waals surface area contributed by atoms with E-state index in [9.17, 15) is 9.59 Å². The van der Waals surface area contributed by atoms with Gasteiger partial charge in [0.15, 0.2) is 0 Å². The van der Waals surface area contributed by atoms with Crippen molar-refractivity contribution in [2.24, 2.45) is 5.92 Å². The maximum absolute atomic E-state index is 11.6. The summed E-state index contributed by atoms with van der Waals surface area (Å²) in [6, 6.07) is 7.14. The highest BCUT2D eigenvalue weighted by Gasteiger charge is 2.29. The molecule has 0 saturated heterocycles. The van der Waals surface area contributed by atoms with Gasteiger partial charge in [-0.15, -0.1) is 0 Å². The fourth-order valence-corrected chi connectivity index (χ4v) is 1.60. The zero-order valence-electron chi connectivity index (χ0n) is 10.2. The number of carbonyl (C=O) groups excluding carboxylic acids is 2. The number of anilines is 1. The number of ether oxygens (including phenoxy) is 1. The van der Waals surface area contributed by atoms with Crippen LogP contribution in [0.25, 0.3) is 0 Å². The van der Waals surface area contributed by atoms with Crippen molar-refractivity contribution in [3.8, 4) is 5.75 Å². The molecule has 1 aliphatic rings. The van der Waals surface area contributed by atoms with Crippen molar-refractivity contribution in [1.82, 2.24) is 5.32 Å². The molecule has 0 radical (unpaired) electrons. The van der Waals surface area contributed by atoms with Crippen LogP contribution in [0.5, 0.6) is 5.75 Å². The minimum absolute atomic E-state index is 0.00657. The van der Waals surface area contributed by atoms with Gasteiger partial charge in [-0.2, -0.15) is 0 Å². The monoisotopic (exact) mass is 248 g/mol. The average molecular weight is 248 g/mol. The lowest BCUT2D eigenvalue weighted by molar-refractivity contribution is -0.125. The molecule has 1 aromatic carbocycles. The highest BCUT2D eigenvalue weighted by atomic mass is 16.5. The maximum Gasteiger partial charge on any atom is 0.243 e. The molecule has 1 fully saturated rings. The summed E-state index contributed by atoms with van der Waals surface area (Å²) in [4.78, 5) is 23.0. The van der Waals surface area contributed by atoms with Crippen LogP contribution in [0, 0.1) is 5.92 Å². The summed E-state index contributed by atoms with van der Waals surface area (Å²) in [7, 11) is 1.54. The number of rotatable bonds is 5. The zero-order chi connectivity index (χ0) is 13.0. The van der Waals surface area contributed by atoms with Gasteiger partial charge in [0.05, 0.1) is 19.3 Å². The smallest absolute Gasteiger partial charge is 0.243 e. The van der Waals surface area contributed by atoms with Gasteiger partial charge in [0, 0.05) is 5.92 Å². The number of methoxy groups -OCH3 is 1. The number of para-hydroxylation sites is 2. The summed E-state index contributed by atoms with van der Waals surface area (Å²) in [6.45, 7) is -0.00657. The molecule has 0 heterocycles. The predicted molar refractivity (Wildman–Crippen MR) is 67.4 cm³/mol. The van der Waals surface area contributed by atoms with Crippen LogP contribution < -0.4 is 15.4 Å². The molecule has 2 N–H and O–H groups in total. The number of nitrogens with one attached hydrogen (secondary N) is 2. The number of hydrogen-bond donors (Lipinski definition) is 2. The van der Waals surface area contributed by atoms with Gasteiger partial charge in [-0.05, 0) is 25.0 Å². The van der Waals surface area contributed by atoms with E-state index < -0.39 is 0 Å². The minimum atomic E-state index is -0.256. The quantitative estimate of drug-likeness (QED) is 0.821. The van der Waals surface area contributed by atoms with Crippen LogP contribution >= 0.6 is 0 Å². The number of benzene rings is 1. The number of amides is 2. The molecule has 2 amide bonds. The summed E-state index contributed by atoms with van der Waals surface area (Å²) >= 11 is 0. The van der Waals surface area contributed by atoms with Gasteiger partial charge < -0.3 is 15.4 Å². The average Bonchev–Trinajstić information content (AvgIpc) is 3.21. The Kier molecular flexibility index (Phi) is 3.82. The van der Waals surface area contributed by atoms with Crippen molar-refractivity contribution in [2.45, 2.75) is 12.8 Å². The van der Waals surface area contributed by atoms with E-state index in [0.29, 0.717) is 11.4 Å². The molecule has 1 aliphatic carbocycles. The third-order valence-electron chi connectivity index (χ3n) is 2.75. The highest BCUT2D eigenvalue weighted by Crippen LogP contribution is 2.28. The van der Waals surface area contributed by atoms with Gasteiger partial charge in [0.25, 0.3) is 0 Å². The Morgan fingerprint density at radius 1 is 1.33 bits per heavy atom. The van der Waals surface area contributed by atoms with Crippen molar-refractivity contribution in [3.05, 3.63) is 24.3 Å². The largest absolute Gasteiger partial charge is 0.495 e. The van der Waals surface area contributed by atoms with Crippen LogP contribution in [0.2, 0.25) is 0 Å². The molecule has 0 aromatic heterocycles. The molecule has 18 heavy (non-hydrogen) atoms. The maximum atomic E-state index is 11.6. The second-order valence-electron chi connectivity index (χ2n) is 4.24. The van der Waals surface area contributed by atoms with Crippen LogP contribution in [-0.4, -0.2) is 25.5 Å². The summed E-state index contributed by atoms with van der Waals surface area (Å²) in [5, 5.41) is 5.31. The Balaban J connectivity index is 1.84. The molecule has 2 rings (SSSR count). The van der Waals surface area contributed by atoms with Crippen LogP contribution in [0.4, 0.5) is 5.69 Å². The van der Waals surface area contributed by atoms with E-state index in [-0.39, 0.29) is 24.3 Å². The van der Waals surface area contributed by atoms with Crippen molar-refractivity contribution in [2.75, 3.05) is 19.0 Å². The first kappa shape index (κ1) is 12.4. The first-order valence-corrected chi connectivity index (χ1v) is 5.91. The molecule has 96 valence electrons. The molecule has 0 spiro atoms. The Morgan fingerprint density at radius 3 is 2.72 bits per heavy atom. The van der Waals surface area contributed by atoms with Gasteiger partial charge in [-0.1, -0.05) is 12.1 Å². The van der Waals surface area contributed by atoms with Crippen molar-refractivity contribution in [3.63, 3.8) is 0 Å². The molecular weight excluding hydrogens is 232 g/mol. The molecule has 5 nitrogen and oxygen atoms in total. The molecule has 0 unspecified atom stereocenters. The van der Waals surface area contributed by atoms with E-state index in [0.717, 1.165) is 12.8 Å². The summed E-state index contributed by atoms with van der Waals surface area (Å²) in [6.07, 6.45) is 1.86. The topological polar surface area (TPSA) is 67.4 Å². The first-order valence-electron chi connectivity index (χ1n) is 5.91. The number of carbonyl (C=O) groups is 2. The standard InChI is InChI=1S/C13H16N2O3/c1-18-11-5-3-2-4-10(11)15-12(16)8-14-13(17)9-6-7-9/h2-5,9H,6-8H2,1H3,(H,14,17)(H,15,16). The van der Waals surface area contributed by atoms with Crippen molar-refractivity contribution >= 4 is 17.5 Å². The minimum Gasteiger partial charge on any atom is -0.495 e. The van der Waals surface area contributed by atoms with E-state index in [1.54, 1.807) is 25.3 Å². The summed E-state index contributed by atoms with van der Waals surface area (Å²) < 4.78 is 5.12. The van der Waals surface area contributed by atoms with E-state index in [1.807, 2.05) is 6.07 Å². The normalized spacial score (nSPS) is 13.8. The predicted octanol–water partition coefficient (Wildman–Crippen LogP) is 1.16. The third kappa shape index (κ3) is 3.23. The van der Waals surface area contributed by atoms with E-state index in [4.69, 9.17) is 4.74 Å². The van der Waals surface area contributed by atoms with Gasteiger partial charge >= 0.3 is 0 Å². The lowest BCUT2D eigenvalue weighted by Crippen LogP contribution is -2.33. The Morgan fingerprint density at radius 2 is 2.06 bits per heavy atom. The zero-order valence-corrected chi connectivity index (χ0v) is 10.2. The highest BCUT2D eigenvalue weighted by molar-refractivity contribution is 5.96. The molecule has 1 aromatic rings. The molecule has 0 aliphatic heterocycles. The molecule has 0 bridgehead atoms. The Hall–Kier alpha value is -2.04. The summed E-state index contributed by atoms with van der Waals surface area (Å²) in [5.41, 5.74) is 0.602. The second-order valence-corrected chi connectivity index (χ2v) is 4.24. The van der Waals surface area contributed by atoms with Gasteiger partial charge in [-0.25, -0.2) is 0 Å². The third-order valence-corrected chi connectivity index (χ3v) is 2.75. The van der Waals surface area contributed by atoms with Crippen LogP contribution in [-0.2, 0) is 9.59 Å². The first-order chi connectivity index (χ1) is 8.70. The molecular formula is C13H16N2O3. The van der Waals surface area contributed by atoms with Crippen molar-refractivity contribution < 1.29 is 14.3 Å². The Bertz CT molecular complexity index is 455. The van der Waals surface area contributed by atoms with Gasteiger partial charge in [0.1, 0.15) is 5.75 Å². The molecule has 5 heteroatoms. The van der Waals surface area contributed by atoms with E-state index in [1.165, 1.54) is 0 Å². The van der Waals surface area contributed by atoms with E-state index >= 15 is 0 Å². The fourth-order valence-electron chi connectivity index (χ4n) is 1.60. The van der Waals surface area contributed by atoms with Crippen LogP contribution in [0.3, 0.4) is 0 Å². The lowest BCUT2D eigenvalue weighted by atomic mass is 10.3. The van der Waals surface area contributed by atoms with Crippen molar-refractivity contribution in [1.29, 1.82) is 0 Å². The molecule has 0 atom stereocenters. The SMILES string of the molecule is COc1ccccc1NC(=O)CNC(=O)C1CC1. The van der Waals surface area contributed by atoms with Gasteiger partial charge in [-0.3, -0.25) is 9.59 Å². The Labute approximate surface area is 106 Å². The fraction of sp³-hybridized carbons (Fsp3) is 0.385. The molecule has 1 saturated carbocycles. The summed E-state index contributed by atoms with van der Waals surface area (Å²) in [5.74, 6) is 0.419. The van der Waals surface area contributed by atoms with Gasteiger partial charge in [0.2, 0.25) is 11.8 Å². The number of hydrogen-bond acceptors (Lipinski definition) is 3. The van der Waals surface area contributed by atoms with Crippen LogP contribution in [0.1, 0.15) is 12.8 Å². The van der Waals surface area contributed by atoms with E-state index in [2.05, 4.69) is 10.6 Å². The van der Waals surface area contributed by atoms with Crippen LogP contribution in [0.15, 0.2) is 24.3 Å². The lowest BCUT2D eigenvalue weighted by Gasteiger charge is -2.10. The second kappa shape index (κ2) is 5.53.